The minimum Gasteiger partial charge on any atom is -0.297 e. The van der Waals surface area contributed by atoms with Gasteiger partial charge in [-0.15, -0.1) is 0 Å². The van der Waals surface area contributed by atoms with Crippen molar-refractivity contribution >= 4 is 0 Å². The average molecular weight is 403 g/mol. The van der Waals surface area contributed by atoms with Gasteiger partial charge in [-0.1, -0.05) is 34.6 Å². The standard InChI is InChI=1S/C27H50N2/c1-19(2)28-18-26(13-14-26)17-22(28)25(9,10)15-20-16-27(20)12-11-21(23(3,4)5)29(27)24(6,7)8/h19-22H,11-18H2,1-10H3. The number of nitrogens with zero attached hydrogens (tertiary/aromatic N) is 2. The molecule has 2 saturated heterocycles. The first-order chi connectivity index (χ1) is 13.1. The van der Waals surface area contributed by atoms with Crippen molar-refractivity contribution in [1.82, 2.24) is 9.80 Å². The SMILES string of the molecule is CC(C)N1CC2(CC2)CC1C(C)(C)CC1CC12CCC(C(C)(C)C)N2C(C)(C)C. The zero-order valence-corrected chi connectivity index (χ0v) is 21.4. The van der Waals surface area contributed by atoms with Crippen LogP contribution in [-0.4, -0.2) is 45.5 Å². The van der Waals surface area contributed by atoms with Crippen molar-refractivity contribution in [2.24, 2.45) is 22.2 Å². The molecule has 2 aliphatic carbocycles. The third-order valence-electron chi connectivity index (χ3n) is 9.40. The number of likely N-dealkylation sites (tertiary alicyclic amines) is 2. The molecule has 0 aromatic heterocycles. The van der Waals surface area contributed by atoms with E-state index in [1.165, 1.54) is 51.5 Å². The molecule has 0 aromatic rings. The van der Waals surface area contributed by atoms with E-state index in [1.807, 2.05) is 0 Å². The second kappa shape index (κ2) is 6.47. The van der Waals surface area contributed by atoms with Gasteiger partial charge in [0.25, 0.3) is 0 Å². The fraction of sp³-hybridized carbons (Fsp3) is 1.00. The Bertz CT molecular complexity index is 630. The molecule has 2 aliphatic heterocycles. The Labute approximate surface area is 182 Å². The van der Waals surface area contributed by atoms with Crippen molar-refractivity contribution in [1.29, 1.82) is 0 Å². The van der Waals surface area contributed by atoms with E-state index in [1.54, 1.807) is 0 Å². The van der Waals surface area contributed by atoms with E-state index in [0.717, 1.165) is 18.0 Å². The second-order valence-corrected chi connectivity index (χ2v) is 14.6. The highest BCUT2D eigenvalue weighted by molar-refractivity contribution is 5.21. The molecule has 4 atom stereocenters. The summed E-state index contributed by atoms with van der Waals surface area (Å²) in [5.74, 6) is 0.897. The van der Waals surface area contributed by atoms with Crippen LogP contribution in [0, 0.1) is 22.2 Å². The molecule has 4 aliphatic rings. The van der Waals surface area contributed by atoms with Crippen LogP contribution in [0.2, 0.25) is 0 Å². The summed E-state index contributed by atoms with van der Waals surface area (Å²) in [6.07, 6.45) is 10.1. The van der Waals surface area contributed by atoms with Crippen molar-refractivity contribution in [3.63, 3.8) is 0 Å². The summed E-state index contributed by atoms with van der Waals surface area (Å²) in [5, 5.41) is 0. The molecule has 2 nitrogen and oxygen atoms in total. The smallest absolute Gasteiger partial charge is 0.0250 e. The molecule has 4 rings (SSSR count). The fourth-order valence-corrected chi connectivity index (χ4v) is 7.80. The van der Waals surface area contributed by atoms with Gasteiger partial charge < -0.3 is 0 Å². The quantitative estimate of drug-likeness (QED) is 0.514. The maximum absolute atomic E-state index is 3.00. The van der Waals surface area contributed by atoms with E-state index in [0.29, 0.717) is 27.8 Å². The average Bonchev–Trinajstić information content (AvgIpc) is 3.29. The lowest BCUT2D eigenvalue weighted by Crippen LogP contribution is -2.55. The summed E-state index contributed by atoms with van der Waals surface area (Å²) in [6, 6.07) is 2.20. The van der Waals surface area contributed by atoms with Gasteiger partial charge in [0.15, 0.2) is 0 Å². The van der Waals surface area contributed by atoms with E-state index in [-0.39, 0.29) is 5.54 Å². The van der Waals surface area contributed by atoms with Crippen LogP contribution < -0.4 is 0 Å². The molecule has 2 heteroatoms. The van der Waals surface area contributed by atoms with Crippen molar-refractivity contribution < 1.29 is 0 Å². The molecule has 4 unspecified atom stereocenters. The maximum Gasteiger partial charge on any atom is 0.0250 e. The van der Waals surface area contributed by atoms with Crippen molar-refractivity contribution in [2.75, 3.05) is 6.54 Å². The zero-order chi connectivity index (χ0) is 21.6. The van der Waals surface area contributed by atoms with Crippen LogP contribution in [-0.2, 0) is 0 Å². The number of hydrogen-bond donors (Lipinski definition) is 0. The summed E-state index contributed by atoms with van der Waals surface area (Å²) in [7, 11) is 0. The summed E-state index contributed by atoms with van der Waals surface area (Å²) in [6.45, 7) is 26.2. The largest absolute Gasteiger partial charge is 0.297 e. The van der Waals surface area contributed by atoms with E-state index in [4.69, 9.17) is 0 Å². The lowest BCUT2D eigenvalue weighted by atomic mass is 9.76. The van der Waals surface area contributed by atoms with Gasteiger partial charge in [0, 0.05) is 35.7 Å². The fourth-order valence-electron chi connectivity index (χ4n) is 7.80. The van der Waals surface area contributed by atoms with E-state index >= 15 is 0 Å². The van der Waals surface area contributed by atoms with Crippen LogP contribution in [0.4, 0.5) is 0 Å². The summed E-state index contributed by atoms with van der Waals surface area (Å²) in [5.41, 5.74) is 2.26. The molecule has 2 saturated carbocycles. The third kappa shape index (κ3) is 3.73. The van der Waals surface area contributed by atoms with Crippen LogP contribution in [0.15, 0.2) is 0 Å². The summed E-state index contributed by atoms with van der Waals surface area (Å²) in [4.78, 5) is 5.88. The molecule has 0 N–H and O–H groups in total. The lowest BCUT2D eigenvalue weighted by molar-refractivity contribution is 0.00406. The molecule has 0 aromatic carbocycles. The summed E-state index contributed by atoms with van der Waals surface area (Å²) < 4.78 is 0. The Balaban J connectivity index is 1.52. The van der Waals surface area contributed by atoms with Crippen molar-refractivity contribution in [3.05, 3.63) is 0 Å². The molecule has 4 fully saturated rings. The van der Waals surface area contributed by atoms with Gasteiger partial charge in [-0.2, -0.15) is 0 Å². The van der Waals surface area contributed by atoms with Gasteiger partial charge in [0.1, 0.15) is 0 Å². The molecule has 2 spiro atoms. The summed E-state index contributed by atoms with van der Waals surface area (Å²) >= 11 is 0. The van der Waals surface area contributed by atoms with Crippen LogP contribution in [0.3, 0.4) is 0 Å². The van der Waals surface area contributed by atoms with Gasteiger partial charge >= 0.3 is 0 Å². The first kappa shape index (κ1) is 22.1. The number of rotatable bonds is 4. The van der Waals surface area contributed by atoms with Gasteiger partial charge in [0.2, 0.25) is 0 Å². The predicted molar refractivity (Wildman–Crippen MR) is 125 cm³/mol. The van der Waals surface area contributed by atoms with Crippen molar-refractivity contribution in [2.45, 2.75) is 143 Å². The lowest BCUT2D eigenvalue weighted by Gasteiger charge is -2.47. The minimum atomic E-state index is 0.267. The molecule has 0 bridgehead atoms. The van der Waals surface area contributed by atoms with Crippen LogP contribution >= 0.6 is 0 Å². The van der Waals surface area contributed by atoms with Crippen LogP contribution in [0.25, 0.3) is 0 Å². The van der Waals surface area contributed by atoms with Crippen molar-refractivity contribution in [3.8, 4) is 0 Å². The monoisotopic (exact) mass is 402 g/mol. The Morgan fingerprint density at radius 3 is 1.97 bits per heavy atom. The van der Waals surface area contributed by atoms with E-state index in [2.05, 4.69) is 79.0 Å². The first-order valence-corrected chi connectivity index (χ1v) is 12.7. The maximum atomic E-state index is 3.00. The molecule has 0 radical (unpaired) electrons. The molecule has 0 amide bonds. The normalized spacial score (nSPS) is 38.0. The van der Waals surface area contributed by atoms with Gasteiger partial charge in [-0.05, 0) is 102 Å². The third-order valence-corrected chi connectivity index (χ3v) is 9.40. The molecule has 29 heavy (non-hydrogen) atoms. The molecule has 168 valence electrons. The van der Waals surface area contributed by atoms with E-state index in [9.17, 15) is 0 Å². The molecular formula is C27H50N2. The highest BCUT2D eigenvalue weighted by Crippen LogP contribution is 2.65. The van der Waals surface area contributed by atoms with E-state index < -0.39 is 0 Å². The highest BCUT2D eigenvalue weighted by atomic mass is 15.3. The second-order valence-electron chi connectivity index (χ2n) is 14.6. The topological polar surface area (TPSA) is 6.48 Å². The Morgan fingerprint density at radius 1 is 0.862 bits per heavy atom. The Morgan fingerprint density at radius 2 is 1.48 bits per heavy atom. The number of hydrogen-bond acceptors (Lipinski definition) is 2. The van der Waals surface area contributed by atoms with Crippen LogP contribution in [0.5, 0.6) is 0 Å². The van der Waals surface area contributed by atoms with Gasteiger partial charge in [-0.25, -0.2) is 0 Å². The Hall–Kier alpha value is -0.0800. The predicted octanol–water partition coefficient (Wildman–Crippen LogP) is 6.73. The highest BCUT2D eigenvalue weighted by Gasteiger charge is 2.67. The van der Waals surface area contributed by atoms with Crippen LogP contribution in [0.1, 0.15) is 114 Å². The molecule has 2 heterocycles. The molecular weight excluding hydrogens is 352 g/mol. The van der Waals surface area contributed by atoms with Gasteiger partial charge in [0.05, 0.1) is 0 Å². The van der Waals surface area contributed by atoms with Gasteiger partial charge in [-0.3, -0.25) is 9.80 Å². The Kier molecular flexibility index (Phi) is 4.94. The minimum absolute atomic E-state index is 0.267. The first-order valence-electron chi connectivity index (χ1n) is 12.7. The zero-order valence-electron chi connectivity index (χ0n) is 21.4.